The molecule has 24 heavy (non-hydrogen) atoms. The van der Waals surface area contributed by atoms with Gasteiger partial charge in [-0.3, -0.25) is 5.32 Å². The minimum absolute atomic E-state index is 0.184. The summed E-state index contributed by atoms with van der Waals surface area (Å²) in [5, 5.41) is 16.5. The number of benzene rings is 2. The highest BCUT2D eigenvalue weighted by Crippen LogP contribution is 2.26. The lowest BCUT2D eigenvalue weighted by Crippen LogP contribution is -2.25. The van der Waals surface area contributed by atoms with Crippen molar-refractivity contribution in [3.63, 3.8) is 0 Å². The van der Waals surface area contributed by atoms with Gasteiger partial charge in [-0.1, -0.05) is 17.4 Å². The van der Waals surface area contributed by atoms with Crippen molar-refractivity contribution in [3.05, 3.63) is 53.6 Å². The molecule has 0 aliphatic rings. The van der Waals surface area contributed by atoms with E-state index in [-0.39, 0.29) is 5.75 Å². The molecule has 3 rings (SSSR count). The van der Waals surface area contributed by atoms with Crippen molar-refractivity contribution in [1.29, 1.82) is 0 Å². The Bertz CT molecular complexity index is 916. The van der Waals surface area contributed by atoms with Crippen molar-refractivity contribution in [1.82, 2.24) is 10.4 Å². The first-order chi connectivity index (χ1) is 11.5. The predicted octanol–water partition coefficient (Wildman–Crippen LogP) is 3.86. The third kappa shape index (κ3) is 3.69. The van der Waals surface area contributed by atoms with Gasteiger partial charge in [-0.15, -0.1) is 0 Å². The standard InChI is InChI=1S/C17H16N4O2S/c1-10-3-8-14-15(9-10)24-17(18-14)19-16(23)21-20-11(2)12-4-6-13(22)7-5-12/h3-9,22H,1-2H3,(H2,18,19,21,23)/b20-11+. The molecule has 2 aromatic carbocycles. The van der Waals surface area contributed by atoms with E-state index in [2.05, 4.69) is 20.8 Å². The normalized spacial score (nSPS) is 11.5. The zero-order valence-electron chi connectivity index (χ0n) is 13.2. The molecule has 3 N–H and O–H groups in total. The number of thiazole rings is 1. The van der Waals surface area contributed by atoms with Crippen LogP contribution in [0, 0.1) is 6.92 Å². The van der Waals surface area contributed by atoms with Crippen molar-refractivity contribution in [2.75, 3.05) is 5.32 Å². The second kappa shape index (κ2) is 6.67. The number of nitrogens with one attached hydrogen (secondary N) is 2. The number of hydrogen-bond donors (Lipinski definition) is 3. The smallest absolute Gasteiger partial charge is 0.341 e. The molecule has 7 heteroatoms. The molecule has 6 nitrogen and oxygen atoms in total. The first kappa shape index (κ1) is 15.9. The summed E-state index contributed by atoms with van der Waals surface area (Å²) < 4.78 is 1.02. The molecule has 1 heterocycles. The van der Waals surface area contributed by atoms with Gasteiger partial charge in [-0.05, 0) is 61.4 Å². The van der Waals surface area contributed by atoms with Gasteiger partial charge in [0, 0.05) is 0 Å². The van der Waals surface area contributed by atoms with E-state index in [1.54, 1.807) is 31.2 Å². The molecule has 0 radical (unpaired) electrons. The molecule has 0 saturated carbocycles. The number of carbonyl (C=O) groups excluding carboxylic acids is 1. The quantitative estimate of drug-likeness (QED) is 0.500. The molecule has 1 aromatic heterocycles. The SMILES string of the molecule is C/C(=N\NC(=O)Nc1nc2ccc(C)cc2s1)c1ccc(O)cc1. The second-order valence-corrected chi connectivity index (χ2v) is 6.33. The van der Waals surface area contributed by atoms with Gasteiger partial charge >= 0.3 is 6.03 Å². The van der Waals surface area contributed by atoms with Gasteiger partial charge in [0.15, 0.2) is 5.13 Å². The van der Waals surface area contributed by atoms with Crippen molar-refractivity contribution >= 4 is 38.4 Å². The van der Waals surface area contributed by atoms with E-state index in [0.29, 0.717) is 10.8 Å². The van der Waals surface area contributed by atoms with Crippen molar-refractivity contribution in [2.24, 2.45) is 5.10 Å². The highest BCUT2D eigenvalue weighted by Gasteiger charge is 2.07. The van der Waals surface area contributed by atoms with Gasteiger partial charge in [0.25, 0.3) is 0 Å². The molecule has 0 aliphatic heterocycles. The number of fused-ring (bicyclic) bond motifs is 1. The van der Waals surface area contributed by atoms with E-state index in [1.807, 2.05) is 25.1 Å². The fourth-order valence-corrected chi connectivity index (χ4v) is 3.07. The Kier molecular flexibility index (Phi) is 4.43. The van der Waals surface area contributed by atoms with Crippen LogP contribution in [0.2, 0.25) is 0 Å². The summed E-state index contributed by atoms with van der Waals surface area (Å²) >= 11 is 1.41. The first-order valence-electron chi connectivity index (χ1n) is 7.29. The van der Waals surface area contributed by atoms with Crippen LogP contribution in [-0.4, -0.2) is 21.8 Å². The molecule has 0 aliphatic carbocycles. The maximum atomic E-state index is 11.9. The Morgan fingerprint density at radius 1 is 1.21 bits per heavy atom. The van der Waals surface area contributed by atoms with Crippen LogP contribution >= 0.6 is 11.3 Å². The predicted molar refractivity (Wildman–Crippen MR) is 96.8 cm³/mol. The number of urea groups is 1. The fourth-order valence-electron chi connectivity index (χ4n) is 2.11. The minimum atomic E-state index is -0.455. The molecule has 0 atom stereocenters. The van der Waals surface area contributed by atoms with Crippen LogP contribution in [-0.2, 0) is 0 Å². The van der Waals surface area contributed by atoms with Gasteiger partial charge in [0.1, 0.15) is 5.75 Å². The van der Waals surface area contributed by atoms with Crippen molar-refractivity contribution < 1.29 is 9.90 Å². The molecular formula is C17H16N4O2S. The number of phenolic OH excluding ortho intramolecular Hbond substituents is 1. The van der Waals surface area contributed by atoms with Gasteiger partial charge in [-0.2, -0.15) is 5.10 Å². The average Bonchev–Trinajstić information content (AvgIpc) is 2.94. The molecule has 0 spiro atoms. The maximum absolute atomic E-state index is 11.9. The molecule has 2 amide bonds. The van der Waals surface area contributed by atoms with Gasteiger partial charge < -0.3 is 5.11 Å². The lowest BCUT2D eigenvalue weighted by Gasteiger charge is -2.03. The Hall–Kier alpha value is -2.93. The van der Waals surface area contributed by atoms with Crippen LogP contribution < -0.4 is 10.7 Å². The third-order valence-electron chi connectivity index (χ3n) is 3.37. The largest absolute Gasteiger partial charge is 0.508 e. The second-order valence-electron chi connectivity index (χ2n) is 5.30. The van der Waals surface area contributed by atoms with E-state index >= 15 is 0 Å². The minimum Gasteiger partial charge on any atom is -0.508 e. The van der Waals surface area contributed by atoms with Crippen LogP contribution in [0.15, 0.2) is 47.6 Å². The Morgan fingerprint density at radius 3 is 2.71 bits per heavy atom. The van der Waals surface area contributed by atoms with E-state index in [9.17, 15) is 9.90 Å². The lowest BCUT2D eigenvalue weighted by atomic mass is 10.1. The van der Waals surface area contributed by atoms with E-state index in [1.165, 1.54) is 11.3 Å². The third-order valence-corrected chi connectivity index (χ3v) is 4.31. The number of amides is 2. The first-order valence-corrected chi connectivity index (χ1v) is 8.11. The highest BCUT2D eigenvalue weighted by molar-refractivity contribution is 7.22. The number of anilines is 1. The molecule has 0 fully saturated rings. The van der Waals surface area contributed by atoms with E-state index in [4.69, 9.17) is 0 Å². The lowest BCUT2D eigenvalue weighted by molar-refractivity contribution is 0.252. The van der Waals surface area contributed by atoms with E-state index in [0.717, 1.165) is 21.3 Å². The summed E-state index contributed by atoms with van der Waals surface area (Å²) in [5.41, 5.74) is 5.88. The number of aromatic nitrogens is 1. The molecule has 122 valence electrons. The Labute approximate surface area is 142 Å². The van der Waals surface area contributed by atoms with Crippen LogP contribution in [0.25, 0.3) is 10.2 Å². The van der Waals surface area contributed by atoms with Gasteiger partial charge in [-0.25, -0.2) is 15.2 Å². The van der Waals surface area contributed by atoms with Crippen LogP contribution in [0.3, 0.4) is 0 Å². The number of phenols is 1. The fraction of sp³-hybridized carbons (Fsp3) is 0.118. The monoisotopic (exact) mass is 340 g/mol. The molecule has 3 aromatic rings. The topological polar surface area (TPSA) is 86.6 Å². The van der Waals surface area contributed by atoms with Gasteiger partial charge in [0.2, 0.25) is 0 Å². The van der Waals surface area contributed by atoms with Gasteiger partial charge in [0.05, 0.1) is 15.9 Å². The number of aromatic hydroxyl groups is 1. The van der Waals surface area contributed by atoms with Crippen LogP contribution in [0.4, 0.5) is 9.93 Å². The molecule has 0 saturated heterocycles. The Balaban J connectivity index is 1.66. The number of hydrogen-bond acceptors (Lipinski definition) is 5. The molecular weight excluding hydrogens is 324 g/mol. The Morgan fingerprint density at radius 2 is 1.96 bits per heavy atom. The van der Waals surface area contributed by atoms with Crippen LogP contribution in [0.5, 0.6) is 5.75 Å². The number of nitrogens with zero attached hydrogens (tertiary/aromatic N) is 2. The molecule has 0 bridgehead atoms. The summed E-state index contributed by atoms with van der Waals surface area (Å²) in [4.78, 5) is 16.3. The zero-order chi connectivity index (χ0) is 17.1. The number of aryl methyl sites for hydroxylation is 1. The highest BCUT2D eigenvalue weighted by atomic mass is 32.1. The van der Waals surface area contributed by atoms with E-state index < -0.39 is 6.03 Å². The maximum Gasteiger partial charge on any atom is 0.341 e. The van der Waals surface area contributed by atoms with Crippen molar-refractivity contribution in [2.45, 2.75) is 13.8 Å². The summed E-state index contributed by atoms with van der Waals surface area (Å²) in [5.74, 6) is 0.184. The average molecular weight is 340 g/mol. The summed E-state index contributed by atoms with van der Waals surface area (Å²) in [6, 6.07) is 12.1. The number of hydrazone groups is 1. The number of carbonyl (C=O) groups is 1. The number of rotatable bonds is 3. The summed E-state index contributed by atoms with van der Waals surface area (Å²) in [6.07, 6.45) is 0. The zero-order valence-corrected chi connectivity index (χ0v) is 14.0. The van der Waals surface area contributed by atoms with Crippen molar-refractivity contribution in [3.8, 4) is 5.75 Å². The summed E-state index contributed by atoms with van der Waals surface area (Å²) in [6.45, 7) is 3.78. The van der Waals surface area contributed by atoms with Crippen LogP contribution in [0.1, 0.15) is 18.1 Å². The molecule has 0 unspecified atom stereocenters. The summed E-state index contributed by atoms with van der Waals surface area (Å²) in [7, 11) is 0.